The maximum Gasteiger partial charge on any atom is 0.336 e. The van der Waals surface area contributed by atoms with E-state index in [1.165, 1.54) is 6.07 Å². The molecule has 1 aromatic carbocycles. The van der Waals surface area contributed by atoms with Gasteiger partial charge in [0.2, 0.25) is 0 Å². The predicted molar refractivity (Wildman–Crippen MR) is 60.6 cm³/mol. The highest BCUT2D eigenvalue weighted by molar-refractivity contribution is 6.00. The highest BCUT2D eigenvalue weighted by Crippen LogP contribution is 2.17. The van der Waals surface area contributed by atoms with Crippen molar-refractivity contribution < 1.29 is 9.21 Å². The Kier molecular flexibility index (Phi) is 2.58. The lowest BCUT2D eigenvalue weighted by Crippen LogP contribution is -2.13. The van der Waals surface area contributed by atoms with Crippen molar-refractivity contribution in [3.8, 4) is 0 Å². The summed E-state index contributed by atoms with van der Waals surface area (Å²) in [5.74, 6) is -0.175. The zero-order valence-electron chi connectivity index (χ0n) is 8.82. The van der Waals surface area contributed by atoms with Gasteiger partial charge >= 0.3 is 5.63 Å². The molecule has 0 fully saturated rings. The van der Waals surface area contributed by atoms with E-state index in [4.69, 9.17) is 10.2 Å². The van der Waals surface area contributed by atoms with E-state index in [1.807, 2.05) is 6.92 Å². The second-order valence-corrected chi connectivity index (χ2v) is 3.59. The fourth-order valence-corrected chi connectivity index (χ4v) is 1.62. The van der Waals surface area contributed by atoms with Gasteiger partial charge in [-0.1, -0.05) is 12.1 Å². The summed E-state index contributed by atoms with van der Waals surface area (Å²) >= 11 is 0. The van der Waals surface area contributed by atoms with Crippen molar-refractivity contribution in [3.05, 3.63) is 45.8 Å². The maximum absolute atomic E-state index is 11.4. The van der Waals surface area contributed by atoms with Crippen molar-refractivity contribution in [2.75, 3.05) is 6.54 Å². The van der Waals surface area contributed by atoms with Crippen LogP contribution in [0.25, 0.3) is 11.0 Å². The number of hydrogen-bond acceptors (Lipinski definition) is 4. The Morgan fingerprint density at radius 2 is 2.12 bits per heavy atom. The topological polar surface area (TPSA) is 73.3 Å². The van der Waals surface area contributed by atoms with Crippen LogP contribution in [0.3, 0.4) is 0 Å². The molecule has 4 heteroatoms. The lowest BCUT2D eigenvalue weighted by molar-refractivity contribution is 0.100. The Hall–Kier alpha value is -1.94. The lowest BCUT2D eigenvalue weighted by Gasteiger charge is -2.02. The van der Waals surface area contributed by atoms with Crippen LogP contribution in [0.4, 0.5) is 0 Å². The van der Waals surface area contributed by atoms with Crippen LogP contribution in [0.15, 0.2) is 33.5 Å². The van der Waals surface area contributed by atoms with E-state index >= 15 is 0 Å². The monoisotopic (exact) mass is 217 g/mol. The predicted octanol–water partition coefficient (Wildman–Crippen LogP) is 1.24. The van der Waals surface area contributed by atoms with Crippen LogP contribution in [-0.4, -0.2) is 12.3 Å². The van der Waals surface area contributed by atoms with Crippen LogP contribution in [0.1, 0.15) is 15.9 Å². The molecule has 82 valence electrons. The van der Waals surface area contributed by atoms with Gasteiger partial charge < -0.3 is 10.2 Å². The Morgan fingerprint density at radius 1 is 1.38 bits per heavy atom. The molecule has 16 heavy (non-hydrogen) atoms. The van der Waals surface area contributed by atoms with Gasteiger partial charge in [0.1, 0.15) is 5.58 Å². The van der Waals surface area contributed by atoms with Crippen LogP contribution in [-0.2, 0) is 0 Å². The van der Waals surface area contributed by atoms with Gasteiger partial charge in [-0.15, -0.1) is 0 Å². The number of carbonyl (C=O) groups excluding carboxylic acids is 1. The van der Waals surface area contributed by atoms with Crippen molar-refractivity contribution in [1.29, 1.82) is 0 Å². The van der Waals surface area contributed by atoms with Gasteiger partial charge in [0.25, 0.3) is 0 Å². The zero-order chi connectivity index (χ0) is 11.7. The minimum Gasteiger partial charge on any atom is -0.423 e. The molecule has 0 saturated heterocycles. The number of benzene rings is 1. The summed E-state index contributed by atoms with van der Waals surface area (Å²) in [7, 11) is 0. The number of carbonyl (C=O) groups is 1. The van der Waals surface area contributed by atoms with Crippen molar-refractivity contribution >= 4 is 16.8 Å². The third-order valence-corrected chi connectivity index (χ3v) is 2.46. The Morgan fingerprint density at radius 3 is 2.81 bits per heavy atom. The average molecular weight is 217 g/mol. The van der Waals surface area contributed by atoms with Crippen molar-refractivity contribution in [1.82, 2.24) is 0 Å². The number of rotatable bonds is 2. The molecule has 4 nitrogen and oxygen atoms in total. The van der Waals surface area contributed by atoms with Gasteiger partial charge in [0.15, 0.2) is 5.78 Å². The van der Waals surface area contributed by atoms with Crippen molar-refractivity contribution in [2.45, 2.75) is 6.92 Å². The van der Waals surface area contributed by atoms with Crippen LogP contribution < -0.4 is 11.4 Å². The summed E-state index contributed by atoms with van der Waals surface area (Å²) in [6.07, 6.45) is 0. The molecular formula is C12H11NO3. The normalized spacial score (nSPS) is 10.6. The third-order valence-electron chi connectivity index (χ3n) is 2.46. The first-order valence-electron chi connectivity index (χ1n) is 4.89. The molecule has 2 N–H and O–H groups in total. The maximum atomic E-state index is 11.4. The SMILES string of the molecule is Cc1cc(=O)oc2cc(C(=O)CN)ccc12. The molecule has 0 radical (unpaired) electrons. The molecule has 0 aliphatic heterocycles. The van der Waals surface area contributed by atoms with Gasteiger partial charge in [-0.05, 0) is 18.6 Å². The highest BCUT2D eigenvalue weighted by atomic mass is 16.4. The summed E-state index contributed by atoms with van der Waals surface area (Å²) in [6, 6.07) is 6.42. The van der Waals surface area contributed by atoms with E-state index < -0.39 is 5.63 Å². The molecule has 1 aromatic heterocycles. The van der Waals surface area contributed by atoms with Crippen molar-refractivity contribution in [2.24, 2.45) is 5.73 Å². The summed E-state index contributed by atoms with van der Waals surface area (Å²) in [4.78, 5) is 22.6. The van der Waals surface area contributed by atoms with Crippen LogP contribution >= 0.6 is 0 Å². The number of aryl methyl sites for hydroxylation is 1. The third kappa shape index (κ3) is 1.75. The Bertz CT molecular complexity index is 613. The van der Waals surface area contributed by atoms with E-state index in [-0.39, 0.29) is 12.3 Å². The second kappa shape index (κ2) is 3.90. The Labute approximate surface area is 91.7 Å². The van der Waals surface area contributed by atoms with Gasteiger partial charge in [-0.3, -0.25) is 4.79 Å². The van der Waals surface area contributed by atoms with Crippen LogP contribution in [0.2, 0.25) is 0 Å². The number of hydrogen-bond donors (Lipinski definition) is 1. The fourth-order valence-electron chi connectivity index (χ4n) is 1.62. The molecule has 0 spiro atoms. The summed E-state index contributed by atoms with van der Waals surface area (Å²) in [5, 5.41) is 0.827. The summed E-state index contributed by atoms with van der Waals surface area (Å²) < 4.78 is 5.03. The molecule has 2 aromatic rings. The fraction of sp³-hybridized carbons (Fsp3) is 0.167. The number of fused-ring (bicyclic) bond motifs is 1. The van der Waals surface area contributed by atoms with E-state index in [2.05, 4.69) is 0 Å². The minimum absolute atomic E-state index is 0.0540. The first kappa shape index (κ1) is 10.6. The van der Waals surface area contributed by atoms with Gasteiger partial charge in [0.05, 0.1) is 6.54 Å². The van der Waals surface area contributed by atoms with E-state index in [0.29, 0.717) is 11.1 Å². The first-order chi connectivity index (χ1) is 7.61. The first-order valence-corrected chi connectivity index (χ1v) is 4.89. The average Bonchev–Trinajstić information content (AvgIpc) is 2.27. The lowest BCUT2D eigenvalue weighted by atomic mass is 10.1. The molecule has 1 heterocycles. The molecule has 0 unspecified atom stereocenters. The number of nitrogens with two attached hydrogens (primary N) is 1. The van der Waals surface area contributed by atoms with Gasteiger partial charge in [-0.25, -0.2) is 4.79 Å². The molecule has 0 saturated carbocycles. The van der Waals surface area contributed by atoms with Gasteiger partial charge in [-0.2, -0.15) is 0 Å². The van der Waals surface area contributed by atoms with E-state index in [9.17, 15) is 9.59 Å². The molecule has 0 aliphatic carbocycles. The molecule has 0 bridgehead atoms. The number of Topliss-reactive ketones (excluding diaryl/α,β-unsaturated/α-hetero) is 1. The molecular weight excluding hydrogens is 206 g/mol. The summed E-state index contributed by atoms with van der Waals surface area (Å²) in [6.45, 7) is 1.77. The second-order valence-electron chi connectivity index (χ2n) is 3.59. The summed E-state index contributed by atoms with van der Waals surface area (Å²) in [5.41, 5.74) is 6.57. The molecule has 2 rings (SSSR count). The van der Waals surface area contributed by atoms with Gasteiger partial charge in [0, 0.05) is 17.0 Å². The zero-order valence-corrected chi connectivity index (χ0v) is 8.82. The van der Waals surface area contributed by atoms with E-state index in [1.54, 1.807) is 18.2 Å². The molecule has 0 amide bonds. The smallest absolute Gasteiger partial charge is 0.336 e. The highest BCUT2D eigenvalue weighted by Gasteiger charge is 2.07. The van der Waals surface area contributed by atoms with Crippen molar-refractivity contribution in [3.63, 3.8) is 0 Å². The van der Waals surface area contributed by atoms with Crippen LogP contribution in [0.5, 0.6) is 0 Å². The van der Waals surface area contributed by atoms with Crippen LogP contribution in [0, 0.1) is 6.92 Å². The standard InChI is InChI=1S/C12H11NO3/c1-7-4-12(15)16-11-5-8(10(14)6-13)2-3-9(7)11/h2-5H,6,13H2,1H3. The largest absolute Gasteiger partial charge is 0.423 e. The van der Waals surface area contributed by atoms with E-state index in [0.717, 1.165) is 10.9 Å². The molecule has 0 atom stereocenters. The Balaban J connectivity index is 2.71. The molecule has 0 aliphatic rings. The minimum atomic E-state index is -0.414. The quantitative estimate of drug-likeness (QED) is 0.606. The number of ketones is 1.